The minimum Gasteiger partial charge on any atom is -0.311 e. The minimum atomic E-state index is 0.941. The first-order valence-electron chi connectivity index (χ1n) is 3.60. The summed E-state index contributed by atoms with van der Waals surface area (Å²) in [6, 6.07) is 4.16. The summed E-state index contributed by atoms with van der Waals surface area (Å²) in [7, 11) is 0. The highest BCUT2D eigenvalue weighted by Crippen LogP contribution is 2.08. The monoisotopic (exact) mass is 134 g/mol. The lowest BCUT2D eigenvalue weighted by atomic mass is 10.1. The van der Waals surface area contributed by atoms with E-state index >= 15 is 0 Å². The molecule has 0 atom stereocenters. The molecule has 1 aromatic rings. The zero-order chi connectivity index (χ0) is 6.81. The van der Waals surface area contributed by atoms with Crippen LogP contribution in [-0.4, -0.2) is 11.5 Å². The number of nitrogens with one attached hydrogen (secondary N) is 1. The molecule has 0 saturated carbocycles. The molecule has 0 aliphatic carbocycles. The maximum absolute atomic E-state index is 4.26. The number of aromatic nitrogens is 1. The average Bonchev–Trinajstić information content (AvgIpc) is 2.05. The molecule has 1 N–H and O–H groups in total. The minimum absolute atomic E-state index is 0.941. The Morgan fingerprint density at radius 3 is 3.40 bits per heavy atom. The molecule has 1 aromatic heterocycles. The van der Waals surface area contributed by atoms with Crippen LogP contribution in [0.25, 0.3) is 0 Å². The van der Waals surface area contributed by atoms with Crippen LogP contribution >= 0.6 is 0 Å². The summed E-state index contributed by atoms with van der Waals surface area (Å²) in [5.41, 5.74) is 2.62. The van der Waals surface area contributed by atoms with E-state index in [9.17, 15) is 0 Å². The van der Waals surface area contributed by atoms with Crippen LogP contribution in [0, 0.1) is 0 Å². The van der Waals surface area contributed by atoms with E-state index in [-0.39, 0.29) is 0 Å². The number of pyridine rings is 1. The fraction of sp³-hybridized carbons (Fsp3) is 0.375. The van der Waals surface area contributed by atoms with Gasteiger partial charge < -0.3 is 5.32 Å². The van der Waals surface area contributed by atoms with Crippen LogP contribution in [0.1, 0.15) is 11.3 Å². The van der Waals surface area contributed by atoms with Crippen LogP contribution in [0.4, 0.5) is 0 Å². The summed E-state index contributed by atoms with van der Waals surface area (Å²) in [6.45, 7) is 2.04. The van der Waals surface area contributed by atoms with Crippen LogP contribution in [0.3, 0.4) is 0 Å². The van der Waals surface area contributed by atoms with Gasteiger partial charge in [-0.1, -0.05) is 6.07 Å². The predicted octanol–water partition coefficient (Wildman–Crippen LogP) is 0.727. The van der Waals surface area contributed by atoms with Crippen molar-refractivity contribution in [1.82, 2.24) is 10.3 Å². The summed E-state index contributed by atoms with van der Waals surface area (Å²) in [5, 5.41) is 3.28. The third-order valence-corrected chi connectivity index (χ3v) is 1.85. The van der Waals surface area contributed by atoms with Crippen molar-refractivity contribution in [1.29, 1.82) is 0 Å². The highest BCUT2D eigenvalue weighted by molar-refractivity contribution is 5.21. The summed E-state index contributed by atoms with van der Waals surface area (Å²) in [6.07, 6.45) is 2.98. The molecule has 52 valence electrons. The van der Waals surface area contributed by atoms with E-state index in [4.69, 9.17) is 0 Å². The van der Waals surface area contributed by atoms with Crippen molar-refractivity contribution in [3.05, 3.63) is 29.6 Å². The van der Waals surface area contributed by atoms with Gasteiger partial charge in [0.05, 0.1) is 5.69 Å². The van der Waals surface area contributed by atoms with Gasteiger partial charge in [0.2, 0.25) is 0 Å². The molecule has 0 amide bonds. The van der Waals surface area contributed by atoms with Gasteiger partial charge in [-0.05, 0) is 24.6 Å². The largest absolute Gasteiger partial charge is 0.311 e. The fourth-order valence-corrected chi connectivity index (χ4v) is 1.29. The highest BCUT2D eigenvalue weighted by Gasteiger charge is 2.06. The second-order valence-electron chi connectivity index (χ2n) is 2.54. The maximum Gasteiger partial charge on any atom is 0.0574 e. The molecule has 1 aliphatic heterocycles. The van der Waals surface area contributed by atoms with Crippen LogP contribution in [0.2, 0.25) is 0 Å². The molecule has 0 spiro atoms. The van der Waals surface area contributed by atoms with Crippen molar-refractivity contribution >= 4 is 0 Å². The molecular weight excluding hydrogens is 124 g/mol. The van der Waals surface area contributed by atoms with E-state index in [2.05, 4.69) is 16.4 Å². The Balaban J connectivity index is 2.41. The van der Waals surface area contributed by atoms with E-state index in [1.165, 1.54) is 11.3 Å². The summed E-state index contributed by atoms with van der Waals surface area (Å²) < 4.78 is 0. The molecule has 2 nitrogen and oxygen atoms in total. The van der Waals surface area contributed by atoms with Crippen molar-refractivity contribution in [2.24, 2.45) is 0 Å². The normalized spacial score (nSPS) is 16.4. The van der Waals surface area contributed by atoms with Gasteiger partial charge in [-0.25, -0.2) is 0 Å². The van der Waals surface area contributed by atoms with Crippen molar-refractivity contribution in [2.75, 3.05) is 6.54 Å². The lowest BCUT2D eigenvalue weighted by Crippen LogP contribution is -2.24. The first-order chi connectivity index (χ1) is 4.97. The van der Waals surface area contributed by atoms with Crippen LogP contribution < -0.4 is 5.32 Å². The zero-order valence-corrected chi connectivity index (χ0v) is 5.80. The Morgan fingerprint density at radius 1 is 1.50 bits per heavy atom. The lowest BCUT2D eigenvalue weighted by Gasteiger charge is -2.14. The van der Waals surface area contributed by atoms with Crippen molar-refractivity contribution in [2.45, 2.75) is 13.0 Å². The molecule has 0 fully saturated rings. The van der Waals surface area contributed by atoms with E-state index in [0.29, 0.717) is 0 Å². The zero-order valence-electron chi connectivity index (χ0n) is 5.80. The SMILES string of the molecule is c1cnc2c(c1)CCNC2. The molecule has 10 heavy (non-hydrogen) atoms. The van der Waals surface area contributed by atoms with Crippen molar-refractivity contribution < 1.29 is 0 Å². The number of fused-ring (bicyclic) bond motifs is 1. The summed E-state index contributed by atoms with van der Waals surface area (Å²) in [5.74, 6) is 0. The summed E-state index contributed by atoms with van der Waals surface area (Å²) in [4.78, 5) is 4.26. The van der Waals surface area contributed by atoms with E-state index < -0.39 is 0 Å². The Morgan fingerprint density at radius 2 is 2.50 bits per heavy atom. The smallest absolute Gasteiger partial charge is 0.0574 e. The molecule has 1 aliphatic rings. The maximum atomic E-state index is 4.26. The van der Waals surface area contributed by atoms with Gasteiger partial charge in [0.25, 0.3) is 0 Å². The second-order valence-corrected chi connectivity index (χ2v) is 2.54. The van der Waals surface area contributed by atoms with Gasteiger partial charge in [0, 0.05) is 12.7 Å². The van der Waals surface area contributed by atoms with Gasteiger partial charge >= 0.3 is 0 Å². The first-order valence-corrected chi connectivity index (χ1v) is 3.60. The van der Waals surface area contributed by atoms with Crippen molar-refractivity contribution in [3.63, 3.8) is 0 Å². The molecule has 2 rings (SSSR count). The number of hydrogen-bond acceptors (Lipinski definition) is 2. The Bertz CT molecular complexity index is 207. The fourth-order valence-electron chi connectivity index (χ4n) is 1.29. The number of nitrogens with zero attached hydrogens (tertiary/aromatic N) is 1. The summed E-state index contributed by atoms with van der Waals surface area (Å²) >= 11 is 0. The quantitative estimate of drug-likeness (QED) is 0.565. The van der Waals surface area contributed by atoms with Crippen LogP contribution in [-0.2, 0) is 13.0 Å². The highest BCUT2D eigenvalue weighted by atomic mass is 14.9. The van der Waals surface area contributed by atoms with Gasteiger partial charge in [-0.2, -0.15) is 0 Å². The van der Waals surface area contributed by atoms with Crippen LogP contribution in [0.5, 0.6) is 0 Å². The average molecular weight is 134 g/mol. The Hall–Kier alpha value is -0.890. The molecule has 0 radical (unpaired) electrons. The Labute approximate surface area is 60.3 Å². The van der Waals surface area contributed by atoms with E-state index in [1.807, 2.05) is 12.3 Å². The molecule has 0 bridgehead atoms. The van der Waals surface area contributed by atoms with Gasteiger partial charge in [-0.15, -0.1) is 0 Å². The molecule has 0 unspecified atom stereocenters. The van der Waals surface area contributed by atoms with Gasteiger partial charge in [0.15, 0.2) is 0 Å². The standard InChI is InChI=1S/C8H10N2/c1-2-7-3-5-9-6-8(7)10-4-1/h1-2,4,9H,3,5-6H2. The van der Waals surface area contributed by atoms with E-state index in [1.54, 1.807) is 0 Å². The van der Waals surface area contributed by atoms with Gasteiger partial charge in [0.1, 0.15) is 0 Å². The first kappa shape index (κ1) is 5.86. The molecule has 0 aromatic carbocycles. The van der Waals surface area contributed by atoms with Gasteiger partial charge in [-0.3, -0.25) is 4.98 Å². The molecule has 0 saturated heterocycles. The topological polar surface area (TPSA) is 24.9 Å². The molecular formula is C8H10N2. The second kappa shape index (κ2) is 2.39. The van der Waals surface area contributed by atoms with Crippen LogP contribution in [0.15, 0.2) is 18.3 Å². The predicted molar refractivity (Wildman–Crippen MR) is 39.6 cm³/mol. The third kappa shape index (κ3) is 0.907. The third-order valence-electron chi connectivity index (χ3n) is 1.85. The van der Waals surface area contributed by atoms with E-state index in [0.717, 1.165) is 19.5 Å². The Kier molecular flexibility index (Phi) is 1.40. The van der Waals surface area contributed by atoms with Crippen molar-refractivity contribution in [3.8, 4) is 0 Å². The molecule has 2 heterocycles. The number of hydrogen-bond donors (Lipinski definition) is 1. The number of rotatable bonds is 0. The lowest BCUT2D eigenvalue weighted by molar-refractivity contribution is 0.627. The molecule has 2 heteroatoms.